The van der Waals surface area contributed by atoms with Gasteiger partial charge in [-0.25, -0.2) is 9.59 Å². The molecule has 1 fully saturated rings. The standard InChI is InChI=1S/C20H25NO8/c1-6-28-18(24)20(19(25)29-7-2)16(12(3)22)17(23)21(20)11-13-8-9-14(26-4)10-15(13)27-5/h8-10,16H,6-7,11H2,1-5H3. The number of rotatable bonds is 9. The Morgan fingerprint density at radius 3 is 2.07 bits per heavy atom. The number of esters is 2. The lowest BCUT2D eigenvalue weighted by Gasteiger charge is -2.52. The summed E-state index contributed by atoms with van der Waals surface area (Å²) >= 11 is 0. The first-order valence-electron chi connectivity index (χ1n) is 9.16. The Bertz CT molecular complexity index is 801. The highest BCUT2D eigenvalue weighted by atomic mass is 16.6. The fourth-order valence-corrected chi connectivity index (χ4v) is 3.44. The Hall–Kier alpha value is -3.10. The van der Waals surface area contributed by atoms with Gasteiger partial charge in [-0.1, -0.05) is 0 Å². The molecule has 1 unspecified atom stereocenters. The number of Topliss-reactive ketones (excluding diaryl/α,β-unsaturated/α-hetero) is 1. The van der Waals surface area contributed by atoms with Gasteiger partial charge in [0, 0.05) is 11.6 Å². The van der Waals surface area contributed by atoms with Crippen molar-refractivity contribution < 1.29 is 38.1 Å². The SMILES string of the molecule is CCOC(=O)C1(C(=O)OCC)C(C(C)=O)C(=O)N1Cc1ccc(OC)cc1OC. The maximum absolute atomic E-state index is 12.9. The van der Waals surface area contributed by atoms with E-state index in [9.17, 15) is 19.2 Å². The van der Waals surface area contributed by atoms with Crippen LogP contribution >= 0.6 is 0 Å². The number of benzene rings is 1. The van der Waals surface area contributed by atoms with Gasteiger partial charge in [0.05, 0.1) is 34.0 Å². The van der Waals surface area contributed by atoms with Gasteiger partial charge in [0.1, 0.15) is 23.2 Å². The molecule has 29 heavy (non-hydrogen) atoms. The molecule has 0 saturated carbocycles. The lowest BCUT2D eigenvalue weighted by Crippen LogP contribution is -2.79. The number of hydrogen-bond donors (Lipinski definition) is 0. The highest BCUT2D eigenvalue weighted by Gasteiger charge is 2.73. The number of hydrogen-bond acceptors (Lipinski definition) is 8. The lowest BCUT2D eigenvalue weighted by molar-refractivity contribution is -0.205. The van der Waals surface area contributed by atoms with Gasteiger partial charge in [0.15, 0.2) is 0 Å². The summed E-state index contributed by atoms with van der Waals surface area (Å²) in [6.07, 6.45) is 0. The van der Waals surface area contributed by atoms with Crippen LogP contribution in [0, 0.1) is 5.92 Å². The molecule has 9 nitrogen and oxygen atoms in total. The number of ketones is 1. The predicted octanol–water partition coefficient (Wildman–Crippen LogP) is 1.12. The van der Waals surface area contributed by atoms with Gasteiger partial charge in [0.25, 0.3) is 5.54 Å². The van der Waals surface area contributed by atoms with Gasteiger partial charge < -0.3 is 23.8 Å². The number of likely N-dealkylation sites (tertiary alicyclic amines) is 1. The summed E-state index contributed by atoms with van der Waals surface area (Å²) in [5.41, 5.74) is -1.65. The number of carbonyl (C=O) groups is 4. The Balaban J connectivity index is 2.55. The largest absolute Gasteiger partial charge is 0.497 e. The first-order valence-corrected chi connectivity index (χ1v) is 9.16. The quantitative estimate of drug-likeness (QED) is 0.340. The first-order chi connectivity index (χ1) is 13.8. The summed E-state index contributed by atoms with van der Waals surface area (Å²) in [6.45, 7) is 4.07. The van der Waals surface area contributed by atoms with Gasteiger partial charge >= 0.3 is 11.9 Å². The molecule has 0 aliphatic carbocycles. The summed E-state index contributed by atoms with van der Waals surface area (Å²) < 4.78 is 20.6. The second kappa shape index (κ2) is 8.93. The van der Waals surface area contributed by atoms with Crippen LogP contribution in [0.1, 0.15) is 26.3 Å². The third-order valence-electron chi connectivity index (χ3n) is 4.76. The van der Waals surface area contributed by atoms with Crippen LogP contribution < -0.4 is 9.47 Å². The third-order valence-corrected chi connectivity index (χ3v) is 4.76. The zero-order chi connectivity index (χ0) is 21.8. The maximum atomic E-state index is 12.9. The summed E-state index contributed by atoms with van der Waals surface area (Å²) in [5.74, 6) is -3.83. The average molecular weight is 407 g/mol. The van der Waals surface area contributed by atoms with E-state index in [-0.39, 0.29) is 19.8 Å². The van der Waals surface area contributed by atoms with Crippen molar-refractivity contribution in [2.75, 3.05) is 27.4 Å². The number of β-lactam (4-membered cyclic amide) rings is 1. The van der Waals surface area contributed by atoms with Crippen LogP contribution in [0.15, 0.2) is 18.2 Å². The predicted molar refractivity (Wildman–Crippen MR) is 100 cm³/mol. The molecule has 0 aromatic heterocycles. The van der Waals surface area contributed by atoms with E-state index in [0.29, 0.717) is 17.1 Å². The van der Waals surface area contributed by atoms with Crippen molar-refractivity contribution in [3.05, 3.63) is 23.8 Å². The van der Waals surface area contributed by atoms with Gasteiger partial charge in [-0.05, 0) is 32.9 Å². The van der Waals surface area contributed by atoms with Gasteiger partial charge in [-0.3, -0.25) is 9.59 Å². The van der Waals surface area contributed by atoms with Crippen molar-refractivity contribution >= 4 is 23.6 Å². The van der Waals surface area contributed by atoms with Crippen molar-refractivity contribution in [3.8, 4) is 11.5 Å². The van der Waals surface area contributed by atoms with Crippen LogP contribution in [-0.4, -0.2) is 61.5 Å². The zero-order valence-corrected chi connectivity index (χ0v) is 17.1. The fraction of sp³-hybridized carbons (Fsp3) is 0.500. The van der Waals surface area contributed by atoms with Crippen LogP contribution in [0.2, 0.25) is 0 Å². The number of ether oxygens (including phenoxy) is 4. The van der Waals surface area contributed by atoms with Crippen molar-refractivity contribution in [1.82, 2.24) is 4.90 Å². The Kier molecular flexibility index (Phi) is 6.84. The molecule has 1 heterocycles. The van der Waals surface area contributed by atoms with Crippen molar-refractivity contribution in [2.24, 2.45) is 5.92 Å². The number of amides is 1. The van der Waals surface area contributed by atoms with Crippen molar-refractivity contribution in [3.63, 3.8) is 0 Å². The molecule has 1 atom stereocenters. The van der Waals surface area contributed by atoms with Gasteiger partial charge in [-0.2, -0.15) is 0 Å². The molecule has 9 heteroatoms. The normalized spacial score (nSPS) is 17.2. The van der Waals surface area contributed by atoms with E-state index >= 15 is 0 Å². The molecule has 1 saturated heterocycles. The topological polar surface area (TPSA) is 108 Å². The summed E-state index contributed by atoms with van der Waals surface area (Å²) in [6, 6.07) is 4.91. The van der Waals surface area contributed by atoms with E-state index in [1.54, 1.807) is 32.0 Å². The molecule has 158 valence electrons. The van der Waals surface area contributed by atoms with E-state index in [1.807, 2.05) is 0 Å². The summed E-state index contributed by atoms with van der Waals surface area (Å²) in [4.78, 5) is 51.7. The molecule has 1 aromatic carbocycles. The Labute approximate surface area is 168 Å². The second-order valence-corrected chi connectivity index (χ2v) is 6.35. The minimum absolute atomic E-state index is 0.0293. The van der Waals surface area contributed by atoms with E-state index < -0.39 is 35.1 Å². The van der Waals surface area contributed by atoms with E-state index in [1.165, 1.54) is 14.2 Å². The molecular formula is C20H25NO8. The maximum Gasteiger partial charge on any atom is 0.345 e. The Morgan fingerprint density at radius 1 is 1.03 bits per heavy atom. The molecule has 1 aliphatic heterocycles. The molecular weight excluding hydrogens is 382 g/mol. The van der Waals surface area contributed by atoms with Gasteiger partial charge in [0.2, 0.25) is 5.91 Å². The smallest absolute Gasteiger partial charge is 0.345 e. The third kappa shape index (κ3) is 3.64. The molecule has 2 rings (SSSR count). The summed E-state index contributed by atoms with van der Waals surface area (Å²) in [7, 11) is 2.94. The zero-order valence-electron chi connectivity index (χ0n) is 17.1. The van der Waals surface area contributed by atoms with Crippen LogP contribution in [-0.2, 0) is 35.2 Å². The van der Waals surface area contributed by atoms with Crippen LogP contribution in [0.3, 0.4) is 0 Å². The van der Waals surface area contributed by atoms with Crippen LogP contribution in [0.25, 0.3) is 0 Å². The molecule has 1 aromatic rings. The lowest BCUT2D eigenvalue weighted by atomic mass is 9.70. The number of methoxy groups -OCH3 is 2. The minimum Gasteiger partial charge on any atom is -0.497 e. The van der Waals surface area contributed by atoms with Crippen LogP contribution in [0.5, 0.6) is 11.5 Å². The number of carbonyl (C=O) groups excluding carboxylic acids is 4. The minimum atomic E-state index is -2.17. The van der Waals surface area contributed by atoms with E-state index in [0.717, 1.165) is 11.8 Å². The van der Waals surface area contributed by atoms with Gasteiger partial charge in [-0.15, -0.1) is 0 Å². The summed E-state index contributed by atoms with van der Waals surface area (Å²) in [5, 5.41) is 0. The first kappa shape index (κ1) is 22.2. The van der Waals surface area contributed by atoms with Crippen molar-refractivity contribution in [1.29, 1.82) is 0 Å². The van der Waals surface area contributed by atoms with Crippen LogP contribution in [0.4, 0.5) is 0 Å². The highest BCUT2D eigenvalue weighted by molar-refractivity contribution is 6.24. The second-order valence-electron chi connectivity index (χ2n) is 6.35. The molecule has 1 aliphatic rings. The number of nitrogens with zero attached hydrogens (tertiary/aromatic N) is 1. The monoisotopic (exact) mass is 407 g/mol. The van der Waals surface area contributed by atoms with Crippen molar-refractivity contribution in [2.45, 2.75) is 32.9 Å². The molecule has 0 spiro atoms. The Morgan fingerprint density at radius 2 is 1.62 bits per heavy atom. The fourth-order valence-electron chi connectivity index (χ4n) is 3.44. The van der Waals surface area contributed by atoms with E-state index in [4.69, 9.17) is 18.9 Å². The highest BCUT2D eigenvalue weighted by Crippen LogP contribution is 2.43. The molecule has 0 bridgehead atoms. The van der Waals surface area contributed by atoms with E-state index in [2.05, 4.69) is 0 Å². The molecule has 0 radical (unpaired) electrons. The molecule has 0 N–H and O–H groups in total. The average Bonchev–Trinajstić information content (AvgIpc) is 2.69. The molecule has 1 amide bonds.